The third-order valence-corrected chi connectivity index (χ3v) is 7.39. The molecule has 1 atom stereocenters. The first-order chi connectivity index (χ1) is 16.5. The minimum Gasteiger partial charge on any atom is -0.314 e. The lowest BCUT2D eigenvalue weighted by atomic mass is 10.1. The smallest absolute Gasteiger partial charge is 0.150 e. The molecular weight excluding hydrogens is 477 g/mol. The molecule has 1 aliphatic heterocycles. The molecule has 0 fully saturated rings. The molecule has 0 N–H and O–H groups in total. The Kier molecular flexibility index (Phi) is 8.56. The van der Waals surface area contributed by atoms with Crippen molar-refractivity contribution in [1.29, 1.82) is 0 Å². The van der Waals surface area contributed by atoms with Gasteiger partial charge in [0.25, 0.3) is 0 Å². The number of aromatic nitrogens is 3. The molecule has 0 spiro atoms. The number of aryl methyl sites for hydroxylation is 1. The van der Waals surface area contributed by atoms with Crippen molar-refractivity contribution in [2.45, 2.75) is 64.5 Å². The number of rotatable bonds is 10. The Hall–Kier alpha value is -2.02. The number of hydrogen-bond donors (Lipinski definition) is 0. The van der Waals surface area contributed by atoms with E-state index in [4.69, 9.17) is 23.2 Å². The van der Waals surface area contributed by atoms with Gasteiger partial charge in [0, 0.05) is 34.1 Å². The van der Waals surface area contributed by atoms with E-state index < -0.39 is 0 Å². The third kappa shape index (κ3) is 5.78. The largest absolute Gasteiger partial charge is 0.314 e. The zero-order valence-electron chi connectivity index (χ0n) is 19.4. The summed E-state index contributed by atoms with van der Waals surface area (Å²) < 4.78 is 30.7. The maximum Gasteiger partial charge on any atom is 0.150 e. The Morgan fingerprint density at radius 1 is 0.912 bits per heavy atom. The first kappa shape index (κ1) is 25.1. The van der Waals surface area contributed by atoms with Crippen molar-refractivity contribution in [1.82, 2.24) is 19.7 Å². The van der Waals surface area contributed by atoms with Crippen LogP contribution in [0.3, 0.4) is 0 Å². The van der Waals surface area contributed by atoms with E-state index in [1.54, 1.807) is 24.3 Å². The van der Waals surface area contributed by atoms with Crippen molar-refractivity contribution >= 4 is 23.2 Å². The molecule has 0 saturated heterocycles. The fourth-order valence-electron chi connectivity index (χ4n) is 4.76. The van der Waals surface area contributed by atoms with Crippen molar-refractivity contribution in [2.75, 3.05) is 13.1 Å². The van der Waals surface area contributed by atoms with Crippen LogP contribution in [-0.2, 0) is 25.8 Å². The Balaban J connectivity index is 1.46. The Morgan fingerprint density at radius 3 is 2.06 bits per heavy atom. The number of benzene rings is 2. The van der Waals surface area contributed by atoms with Gasteiger partial charge in [-0.3, -0.25) is 4.90 Å². The second-order valence-electron chi connectivity index (χ2n) is 8.90. The average molecular weight is 507 g/mol. The van der Waals surface area contributed by atoms with Gasteiger partial charge in [-0.15, -0.1) is 10.2 Å². The molecule has 8 heteroatoms. The van der Waals surface area contributed by atoms with Gasteiger partial charge >= 0.3 is 0 Å². The van der Waals surface area contributed by atoms with E-state index in [0.29, 0.717) is 34.0 Å². The highest BCUT2D eigenvalue weighted by Crippen LogP contribution is 2.26. The summed E-state index contributed by atoms with van der Waals surface area (Å²) in [5, 5.41) is 9.85. The van der Waals surface area contributed by atoms with Gasteiger partial charge in [0.2, 0.25) is 0 Å². The highest BCUT2D eigenvalue weighted by atomic mass is 35.5. The molecule has 0 aliphatic carbocycles. The molecular formula is C26H30Cl2F2N4. The number of fused-ring (bicyclic) bond motifs is 1. The van der Waals surface area contributed by atoms with Crippen LogP contribution in [0.25, 0.3) is 0 Å². The van der Waals surface area contributed by atoms with Gasteiger partial charge in [-0.1, -0.05) is 35.3 Å². The van der Waals surface area contributed by atoms with Crippen molar-refractivity contribution in [3.05, 3.63) is 80.9 Å². The van der Waals surface area contributed by atoms with Gasteiger partial charge in [-0.05, 0) is 82.8 Å². The third-order valence-electron chi connectivity index (χ3n) is 6.68. The quantitative estimate of drug-likeness (QED) is 0.302. The van der Waals surface area contributed by atoms with Crippen LogP contribution < -0.4 is 0 Å². The minimum atomic E-state index is -0.271. The highest BCUT2D eigenvalue weighted by Gasteiger charge is 2.24. The summed E-state index contributed by atoms with van der Waals surface area (Å²) >= 11 is 12.5. The van der Waals surface area contributed by atoms with Gasteiger partial charge in [-0.2, -0.15) is 0 Å². The van der Waals surface area contributed by atoms with Crippen molar-refractivity contribution in [3.63, 3.8) is 0 Å². The summed E-state index contributed by atoms with van der Waals surface area (Å²) in [6.07, 6.45) is 5.80. The summed E-state index contributed by atoms with van der Waals surface area (Å²) in [6, 6.07) is 9.62. The minimum absolute atomic E-state index is 0.0338. The normalized spacial score (nSPS) is 14.4. The lowest BCUT2D eigenvalue weighted by molar-refractivity contribution is 0.192. The number of nitrogens with zero attached hydrogens (tertiary/aromatic N) is 4. The van der Waals surface area contributed by atoms with Crippen LogP contribution in [0.2, 0.25) is 10.0 Å². The SMILES string of the molecule is C[C@H](c1nnc2n1CCCC2)N(CCCc1c(F)cccc1Cl)CCCc1c(F)cccc1Cl. The molecule has 4 rings (SSSR count). The lowest BCUT2D eigenvalue weighted by Gasteiger charge is -2.30. The Morgan fingerprint density at radius 2 is 1.50 bits per heavy atom. The molecule has 0 amide bonds. The van der Waals surface area contributed by atoms with E-state index in [0.717, 1.165) is 63.4 Å². The van der Waals surface area contributed by atoms with Crippen LogP contribution in [0.15, 0.2) is 36.4 Å². The highest BCUT2D eigenvalue weighted by molar-refractivity contribution is 6.31. The second kappa shape index (κ2) is 11.6. The van der Waals surface area contributed by atoms with Crippen molar-refractivity contribution in [2.24, 2.45) is 0 Å². The number of hydrogen-bond acceptors (Lipinski definition) is 3. The van der Waals surface area contributed by atoms with Crippen LogP contribution in [0, 0.1) is 11.6 Å². The van der Waals surface area contributed by atoms with E-state index >= 15 is 0 Å². The second-order valence-corrected chi connectivity index (χ2v) is 9.72. The zero-order chi connectivity index (χ0) is 24.1. The number of halogens is 4. The average Bonchev–Trinajstić information content (AvgIpc) is 3.25. The molecule has 0 saturated carbocycles. The molecule has 1 aromatic heterocycles. The Bertz CT molecular complexity index is 1020. The first-order valence-electron chi connectivity index (χ1n) is 12.0. The molecule has 2 aromatic carbocycles. The molecule has 3 aromatic rings. The summed E-state index contributed by atoms with van der Waals surface area (Å²) in [5.74, 6) is 1.47. The summed E-state index contributed by atoms with van der Waals surface area (Å²) in [5.41, 5.74) is 1.10. The van der Waals surface area contributed by atoms with Crippen LogP contribution in [0.1, 0.15) is 61.4 Å². The zero-order valence-corrected chi connectivity index (χ0v) is 20.9. The van der Waals surface area contributed by atoms with E-state index in [-0.39, 0.29) is 17.7 Å². The lowest BCUT2D eigenvalue weighted by Crippen LogP contribution is -2.32. The predicted octanol–water partition coefficient (Wildman–Crippen LogP) is 6.83. The summed E-state index contributed by atoms with van der Waals surface area (Å²) in [7, 11) is 0. The first-order valence-corrected chi connectivity index (χ1v) is 12.7. The molecule has 1 aliphatic rings. The molecule has 34 heavy (non-hydrogen) atoms. The van der Waals surface area contributed by atoms with Gasteiger partial charge in [0.05, 0.1) is 6.04 Å². The van der Waals surface area contributed by atoms with Crippen LogP contribution in [-0.4, -0.2) is 32.8 Å². The van der Waals surface area contributed by atoms with E-state index in [1.807, 2.05) is 0 Å². The Labute approximate surface area is 209 Å². The van der Waals surface area contributed by atoms with Crippen molar-refractivity contribution in [3.8, 4) is 0 Å². The molecule has 182 valence electrons. The topological polar surface area (TPSA) is 34.0 Å². The van der Waals surface area contributed by atoms with Gasteiger partial charge in [-0.25, -0.2) is 8.78 Å². The van der Waals surface area contributed by atoms with E-state index in [1.165, 1.54) is 12.1 Å². The molecule has 0 unspecified atom stereocenters. The summed E-state index contributed by atoms with van der Waals surface area (Å²) in [4.78, 5) is 2.33. The van der Waals surface area contributed by atoms with Gasteiger partial charge < -0.3 is 4.57 Å². The van der Waals surface area contributed by atoms with E-state index in [2.05, 4.69) is 26.6 Å². The molecule has 0 bridgehead atoms. The summed E-state index contributed by atoms with van der Waals surface area (Å²) in [6.45, 7) is 4.54. The van der Waals surface area contributed by atoms with E-state index in [9.17, 15) is 8.78 Å². The monoisotopic (exact) mass is 506 g/mol. The van der Waals surface area contributed by atoms with Crippen LogP contribution in [0.5, 0.6) is 0 Å². The van der Waals surface area contributed by atoms with Gasteiger partial charge in [0.15, 0.2) is 0 Å². The molecule has 0 radical (unpaired) electrons. The predicted molar refractivity (Wildman–Crippen MR) is 132 cm³/mol. The maximum atomic E-state index is 14.2. The van der Waals surface area contributed by atoms with Crippen LogP contribution in [0.4, 0.5) is 8.78 Å². The van der Waals surface area contributed by atoms with Gasteiger partial charge in [0.1, 0.15) is 23.3 Å². The fourth-order valence-corrected chi connectivity index (χ4v) is 5.28. The van der Waals surface area contributed by atoms with Crippen molar-refractivity contribution < 1.29 is 8.78 Å². The maximum absolute atomic E-state index is 14.2. The molecule has 4 nitrogen and oxygen atoms in total. The standard InChI is InChI=1S/C26H30Cl2F2N4/c1-18(26-32-31-25-14-2-3-17-34(25)26)33(15-6-8-19-21(27)10-4-12-23(19)29)16-7-9-20-22(28)11-5-13-24(20)30/h4-5,10-13,18H,2-3,6-9,14-17H2,1H3/t18-/m1/s1. The van der Waals surface area contributed by atoms with Crippen LogP contribution >= 0.6 is 23.2 Å². The fraction of sp³-hybridized carbons (Fsp3) is 0.462. The molecule has 2 heterocycles.